The number of hydrogen-bond acceptors (Lipinski definition) is 5. The smallest absolute Gasteiger partial charge is 0.146 e. The number of nitrogens with zero attached hydrogens (tertiary/aromatic N) is 4. The Kier molecular flexibility index (Phi) is 4.02. The van der Waals surface area contributed by atoms with Crippen LogP contribution < -0.4 is 4.74 Å². The first-order valence-electron chi connectivity index (χ1n) is 8.60. The van der Waals surface area contributed by atoms with Crippen molar-refractivity contribution >= 4 is 0 Å². The fourth-order valence-electron chi connectivity index (χ4n) is 3.64. The maximum Gasteiger partial charge on any atom is 0.146 e. The molecule has 1 saturated carbocycles. The third-order valence-corrected chi connectivity index (χ3v) is 5.15. The van der Waals surface area contributed by atoms with E-state index in [9.17, 15) is 5.11 Å². The van der Waals surface area contributed by atoms with E-state index >= 15 is 0 Å². The second-order valence-electron chi connectivity index (χ2n) is 6.92. The first-order chi connectivity index (χ1) is 11.7. The fraction of sp³-hybridized carbons (Fsp3) is 0.556. The monoisotopic (exact) mass is 328 g/mol. The van der Waals surface area contributed by atoms with Crippen molar-refractivity contribution in [1.82, 2.24) is 19.7 Å². The van der Waals surface area contributed by atoms with Crippen LogP contribution in [0, 0.1) is 0 Å². The van der Waals surface area contributed by atoms with Gasteiger partial charge in [-0.05, 0) is 37.0 Å². The zero-order valence-corrected chi connectivity index (χ0v) is 14.2. The largest absolute Gasteiger partial charge is 0.497 e. The molecule has 1 aromatic heterocycles. The van der Waals surface area contributed by atoms with E-state index in [1.807, 2.05) is 12.1 Å². The van der Waals surface area contributed by atoms with Crippen LogP contribution in [0.2, 0.25) is 0 Å². The number of hydrogen-bond donors (Lipinski definition) is 1. The molecule has 2 fully saturated rings. The summed E-state index contributed by atoms with van der Waals surface area (Å²) in [5.41, 5.74) is 1.18. The van der Waals surface area contributed by atoms with Gasteiger partial charge in [-0.25, -0.2) is 0 Å². The van der Waals surface area contributed by atoms with Crippen molar-refractivity contribution in [1.29, 1.82) is 0 Å². The summed E-state index contributed by atoms with van der Waals surface area (Å²) in [6.07, 6.45) is 2.87. The minimum atomic E-state index is -0.308. The van der Waals surface area contributed by atoms with E-state index in [-0.39, 0.29) is 12.1 Å². The normalized spacial score (nSPS) is 24.5. The number of ether oxygens (including phenoxy) is 1. The Morgan fingerprint density at radius 1 is 1.29 bits per heavy atom. The maximum absolute atomic E-state index is 10.2. The molecule has 1 aliphatic heterocycles. The Morgan fingerprint density at radius 2 is 2.12 bits per heavy atom. The molecule has 1 aromatic carbocycles. The number of aliphatic hydroxyl groups is 1. The molecule has 0 radical (unpaired) electrons. The van der Waals surface area contributed by atoms with Gasteiger partial charge in [0.15, 0.2) is 0 Å². The Balaban J connectivity index is 1.56. The summed E-state index contributed by atoms with van der Waals surface area (Å²) in [4.78, 5) is 2.29. The molecule has 128 valence electrons. The van der Waals surface area contributed by atoms with E-state index in [0.717, 1.165) is 23.8 Å². The molecule has 24 heavy (non-hydrogen) atoms. The van der Waals surface area contributed by atoms with Crippen LogP contribution in [-0.4, -0.2) is 44.5 Å². The molecular weight excluding hydrogens is 304 g/mol. The van der Waals surface area contributed by atoms with Gasteiger partial charge in [-0.2, -0.15) is 0 Å². The quantitative estimate of drug-likeness (QED) is 0.910. The Labute approximate surface area is 142 Å². The molecule has 4 rings (SSSR count). The van der Waals surface area contributed by atoms with Gasteiger partial charge in [0, 0.05) is 25.6 Å². The lowest BCUT2D eigenvalue weighted by Crippen LogP contribution is -2.26. The second-order valence-corrected chi connectivity index (χ2v) is 6.92. The summed E-state index contributed by atoms with van der Waals surface area (Å²) in [6.45, 7) is 1.36. The number of aromatic nitrogens is 3. The van der Waals surface area contributed by atoms with Crippen molar-refractivity contribution in [3.05, 3.63) is 41.5 Å². The molecule has 0 spiro atoms. The summed E-state index contributed by atoms with van der Waals surface area (Å²) >= 11 is 0. The van der Waals surface area contributed by atoms with Crippen LogP contribution in [-0.2, 0) is 13.6 Å². The summed E-state index contributed by atoms with van der Waals surface area (Å²) < 4.78 is 7.47. The third-order valence-electron chi connectivity index (χ3n) is 5.15. The Hall–Kier alpha value is -1.92. The molecule has 1 saturated heterocycles. The predicted octanol–water partition coefficient (Wildman–Crippen LogP) is 2.01. The lowest BCUT2D eigenvalue weighted by Gasteiger charge is -2.24. The average molecular weight is 328 g/mol. The molecule has 2 atom stereocenters. The number of aliphatic hydroxyl groups excluding tert-OH is 1. The van der Waals surface area contributed by atoms with Crippen LogP contribution in [0.4, 0.5) is 0 Å². The van der Waals surface area contributed by atoms with Gasteiger partial charge in [0.1, 0.15) is 17.4 Å². The first kappa shape index (κ1) is 15.6. The van der Waals surface area contributed by atoms with Gasteiger partial charge in [0.25, 0.3) is 0 Å². The van der Waals surface area contributed by atoms with Gasteiger partial charge >= 0.3 is 0 Å². The number of β-amino-alcohol motifs (C(OH)–C–C–N with tert-alkyl or cyclic N) is 1. The first-order valence-corrected chi connectivity index (χ1v) is 8.60. The molecule has 1 aliphatic carbocycles. The molecule has 0 amide bonds. The van der Waals surface area contributed by atoms with Crippen molar-refractivity contribution in [3.63, 3.8) is 0 Å². The standard InChI is InChI=1S/C18H24N4O2/c1-21-17(19-20-18(21)12-6-7-12)11-22-10-14(23)9-16(22)13-4-3-5-15(8-13)24-2/h3-5,8,12,14,16,23H,6-7,9-11H2,1-2H3/t14-,16-/m0/s1. The number of benzene rings is 1. The van der Waals surface area contributed by atoms with E-state index in [4.69, 9.17) is 4.74 Å². The molecule has 0 bridgehead atoms. The molecule has 1 N–H and O–H groups in total. The summed E-state index contributed by atoms with van der Waals surface area (Å²) in [6, 6.07) is 8.29. The number of rotatable bonds is 5. The van der Waals surface area contributed by atoms with E-state index in [2.05, 4.69) is 38.8 Å². The topological polar surface area (TPSA) is 63.4 Å². The van der Waals surface area contributed by atoms with Crippen molar-refractivity contribution in [2.24, 2.45) is 7.05 Å². The third kappa shape index (κ3) is 2.91. The maximum atomic E-state index is 10.2. The molecule has 0 unspecified atom stereocenters. The zero-order valence-electron chi connectivity index (χ0n) is 14.2. The summed E-state index contributed by atoms with van der Waals surface area (Å²) in [7, 11) is 3.73. The highest BCUT2D eigenvalue weighted by atomic mass is 16.5. The molecule has 6 nitrogen and oxygen atoms in total. The highest BCUT2D eigenvalue weighted by Crippen LogP contribution is 2.39. The van der Waals surface area contributed by atoms with Crippen LogP contribution in [0.5, 0.6) is 5.75 Å². The van der Waals surface area contributed by atoms with Crippen LogP contribution in [0.15, 0.2) is 24.3 Å². The molecule has 6 heteroatoms. The van der Waals surface area contributed by atoms with Crippen LogP contribution in [0.1, 0.15) is 48.4 Å². The summed E-state index contributed by atoms with van der Waals surface area (Å²) in [5, 5.41) is 19.0. The fourth-order valence-corrected chi connectivity index (χ4v) is 3.64. The van der Waals surface area contributed by atoms with Gasteiger partial charge in [-0.15, -0.1) is 10.2 Å². The van der Waals surface area contributed by atoms with Crippen molar-refractivity contribution in [2.75, 3.05) is 13.7 Å². The minimum Gasteiger partial charge on any atom is -0.497 e. The van der Waals surface area contributed by atoms with E-state index in [0.29, 0.717) is 19.0 Å². The Morgan fingerprint density at radius 3 is 2.88 bits per heavy atom. The van der Waals surface area contributed by atoms with Gasteiger partial charge in [0.2, 0.25) is 0 Å². The van der Waals surface area contributed by atoms with E-state index < -0.39 is 0 Å². The highest BCUT2D eigenvalue weighted by molar-refractivity contribution is 5.31. The molecule has 2 aromatic rings. The van der Waals surface area contributed by atoms with Crippen molar-refractivity contribution in [3.8, 4) is 5.75 Å². The van der Waals surface area contributed by atoms with Crippen molar-refractivity contribution in [2.45, 2.75) is 43.9 Å². The van der Waals surface area contributed by atoms with E-state index in [1.54, 1.807) is 7.11 Å². The van der Waals surface area contributed by atoms with E-state index in [1.165, 1.54) is 18.4 Å². The molecular formula is C18H24N4O2. The van der Waals surface area contributed by atoms with Crippen LogP contribution in [0.25, 0.3) is 0 Å². The van der Waals surface area contributed by atoms with Crippen LogP contribution >= 0.6 is 0 Å². The number of methoxy groups -OCH3 is 1. The minimum absolute atomic E-state index is 0.177. The molecule has 2 heterocycles. The lowest BCUT2D eigenvalue weighted by atomic mass is 10.0. The highest BCUT2D eigenvalue weighted by Gasteiger charge is 2.34. The zero-order chi connectivity index (χ0) is 16.7. The van der Waals surface area contributed by atoms with Crippen molar-refractivity contribution < 1.29 is 9.84 Å². The predicted molar refractivity (Wildman–Crippen MR) is 89.7 cm³/mol. The SMILES string of the molecule is COc1cccc([C@@H]2C[C@H](O)CN2Cc2nnc(C3CC3)n2C)c1. The molecule has 2 aliphatic rings. The second kappa shape index (κ2) is 6.18. The van der Waals surface area contributed by atoms with Crippen LogP contribution in [0.3, 0.4) is 0 Å². The summed E-state index contributed by atoms with van der Waals surface area (Å²) in [5.74, 6) is 3.51. The Bertz CT molecular complexity index is 726. The number of likely N-dealkylation sites (tertiary alicyclic amines) is 1. The van der Waals surface area contributed by atoms with Gasteiger partial charge < -0.3 is 14.4 Å². The van der Waals surface area contributed by atoms with Gasteiger partial charge in [0.05, 0.1) is 19.8 Å². The van der Waals surface area contributed by atoms with Gasteiger partial charge in [-0.3, -0.25) is 4.90 Å². The van der Waals surface area contributed by atoms with Gasteiger partial charge in [-0.1, -0.05) is 12.1 Å². The average Bonchev–Trinajstić information content (AvgIpc) is 3.28. The lowest BCUT2D eigenvalue weighted by molar-refractivity contribution is 0.170.